The van der Waals surface area contributed by atoms with Crippen LogP contribution in [0.2, 0.25) is 0 Å². The van der Waals surface area contributed by atoms with E-state index in [0.29, 0.717) is 0 Å². The van der Waals surface area contributed by atoms with Gasteiger partial charge >= 0.3 is 51.5 Å². The van der Waals surface area contributed by atoms with Gasteiger partial charge in [-0.3, -0.25) is 9.32 Å². The van der Waals surface area contributed by atoms with E-state index in [9.17, 15) is 9.36 Å². The molecule has 9 nitrogen and oxygen atoms in total. The predicted octanol–water partition coefficient (Wildman–Crippen LogP) is -2.73. The topological polar surface area (TPSA) is 165 Å². The molecule has 0 aliphatic heterocycles. The van der Waals surface area contributed by atoms with Gasteiger partial charge in [-0.15, -0.1) is 0 Å². The van der Waals surface area contributed by atoms with Crippen LogP contribution in [0.1, 0.15) is 6.42 Å². The summed E-state index contributed by atoms with van der Waals surface area (Å²) in [7, 11) is -4.79. The number of carboxylic acids is 1. The van der Waals surface area contributed by atoms with Crippen LogP contribution in [0.4, 0.5) is 0 Å². The van der Waals surface area contributed by atoms with Crippen molar-refractivity contribution in [2.24, 2.45) is 0 Å². The zero-order valence-electron chi connectivity index (χ0n) is 8.71. The largest absolute Gasteiger partial charge is 2.00 e. The van der Waals surface area contributed by atoms with Gasteiger partial charge in [0, 0.05) is 0 Å². The summed E-state index contributed by atoms with van der Waals surface area (Å²) in [5.74, 6) is -1.39. The first-order valence-corrected chi connectivity index (χ1v) is 5.62. The van der Waals surface area contributed by atoms with Crippen LogP contribution < -0.4 is 0 Å². The van der Waals surface area contributed by atoms with E-state index in [4.69, 9.17) is 30.2 Å². The number of carboxylic acid groups (broad SMARTS) is 1. The molecule has 11 heteroatoms. The average molecular weight is 300 g/mol. The Hall–Kier alpha value is 0.720. The zero-order valence-corrected chi connectivity index (χ0v) is 11.8. The number of aliphatic carboxylic acids is 1. The molecule has 0 rings (SSSR count). The van der Waals surface area contributed by atoms with Gasteiger partial charge in [0.15, 0.2) is 0 Å². The Morgan fingerprint density at radius 2 is 1.65 bits per heavy atom. The zero-order chi connectivity index (χ0) is 12.9. The third kappa shape index (κ3) is 10.3. The number of hydrogen-bond donors (Lipinski definition) is 6. The van der Waals surface area contributed by atoms with Crippen molar-refractivity contribution in [1.82, 2.24) is 0 Å². The number of phosphoric ester groups is 1. The quantitative estimate of drug-likeness (QED) is 0.216. The van der Waals surface area contributed by atoms with Gasteiger partial charge in [-0.2, -0.15) is 0 Å². The summed E-state index contributed by atoms with van der Waals surface area (Å²) < 4.78 is 14.1. The number of phosphoric acid groups is 1. The number of carbonyl (C=O) groups is 1. The Morgan fingerprint density at radius 1 is 1.18 bits per heavy atom. The van der Waals surface area contributed by atoms with Crippen LogP contribution in [0.5, 0.6) is 0 Å². The number of aliphatic hydroxyl groups excluding tert-OH is 3. The van der Waals surface area contributed by atoms with Gasteiger partial charge in [-0.05, 0) is 0 Å². The summed E-state index contributed by atoms with van der Waals surface area (Å²) in [6, 6.07) is 0. The molecule has 0 saturated carbocycles. The molecule has 3 atom stereocenters. The van der Waals surface area contributed by atoms with Crippen molar-refractivity contribution in [3.63, 3.8) is 0 Å². The smallest absolute Gasteiger partial charge is 0.481 e. The Morgan fingerprint density at radius 3 is 2.00 bits per heavy atom. The second-order valence-corrected chi connectivity index (χ2v) is 4.25. The molecule has 0 saturated heterocycles. The molecule has 0 spiro atoms. The Balaban J connectivity index is 0. The summed E-state index contributed by atoms with van der Waals surface area (Å²) in [6.45, 7) is -0.928. The fourth-order valence-electron chi connectivity index (χ4n) is 0.828. The standard InChI is InChI=1S/C6H13O9P.Ca/c7-3(1-5(9)10)6(11)4(8)2-15-16(12,13)14;/h3-4,6-8,11H,1-2H2,(H,9,10)(H2,12,13,14);/q;+2. The van der Waals surface area contributed by atoms with E-state index >= 15 is 0 Å². The summed E-state index contributed by atoms with van der Waals surface area (Å²) in [6.07, 6.45) is -6.24. The molecular formula is C6H13CaO9P+2. The van der Waals surface area contributed by atoms with Crippen LogP contribution in [0.25, 0.3) is 0 Å². The minimum atomic E-state index is -4.79. The van der Waals surface area contributed by atoms with E-state index in [0.717, 1.165) is 0 Å². The van der Waals surface area contributed by atoms with Crippen LogP contribution in [-0.4, -0.2) is 98.8 Å². The van der Waals surface area contributed by atoms with Crippen molar-refractivity contribution in [2.45, 2.75) is 24.7 Å². The molecule has 0 aromatic rings. The van der Waals surface area contributed by atoms with Crippen molar-refractivity contribution in [3.8, 4) is 0 Å². The molecule has 0 aromatic carbocycles. The minimum Gasteiger partial charge on any atom is -0.481 e. The maximum atomic E-state index is 10.2. The molecule has 6 N–H and O–H groups in total. The van der Waals surface area contributed by atoms with Gasteiger partial charge in [0.25, 0.3) is 0 Å². The van der Waals surface area contributed by atoms with E-state index in [2.05, 4.69) is 4.52 Å². The van der Waals surface area contributed by atoms with Crippen molar-refractivity contribution < 1.29 is 44.1 Å². The molecule has 0 aliphatic carbocycles. The predicted molar refractivity (Wildman–Crippen MR) is 54.0 cm³/mol. The fraction of sp³-hybridized carbons (Fsp3) is 0.833. The molecule has 0 aromatic heterocycles. The van der Waals surface area contributed by atoms with E-state index < -0.39 is 45.1 Å². The Bertz CT molecular complexity index is 279. The van der Waals surface area contributed by atoms with Crippen LogP contribution in [0.15, 0.2) is 0 Å². The van der Waals surface area contributed by atoms with Crippen molar-refractivity contribution in [3.05, 3.63) is 0 Å². The van der Waals surface area contributed by atoms with E-state index in [-0.39, 0.29) is 37.7 Å². The van der Waals surface area contributed by atoms with Crippen LogP contribution in [0, 0.1) is 0 Å². The van der Waals surface area contributed by atoms with Crippen molar-refractivity contribution in [1.29, 1.82) is 0 Å². The minimum absolute atomic E-state index is 0. The maximum absolute atomic E-state index is 10.2. The monoisotopic (exact) mass is 300 g/mol. The van der Waals surface area contributed by atoms with E-state index in [1.807, 2.05) is 0 Å². The number of aliphatic hydroxyl groups is 3. The second kappa shape index (κ2) is 8.76. The Labute approximate surface area is 126 Å². The van der Waals surface area contributed by atoms with Gasteiger partial charge in [0.1, 0.15) is 12.2 Å². The average Bonchev–Trinajstić information content (AvgIpc) is 2.10. The summed E-state index contributed by atoms with van der Waals surface area (Å²) in [5, 5.41) is 35.5. The second-order valence-electron chi connectivity index (χ2n) is 3.01. The number of hydrogen-bond acceptors (Lipinski definition) is 6. The molecule has 96 valence electrons. The normalized spacial score (nSPS) is 16.8. The molecule has 3 unspecified atom stereocenters. The van der Waals surface area contributed by atoms with Gasteiger partial charge in [-0.1, -0.05) is 0 Å². The molecule has 17 heavy (non-hydrogen) atoms. The van der Waals surface area contributed by atoms with Crippen LogP contribution >= 0.6 is 7.82 Å². The molecule has 0 fully saturated rings. The van der Waals surface area contributed by atoms with E-state index in [1.54, 1.807) is 0 Å². The summed E-state index contributed by atoms with van der Waals surface area (Å²) in [5.41, 5.74) is 0. The molecular weight excluding hydrogens is 287 g/mol. The molecule has 0 bridgehead atoms. The third-order valence-electron chi connectivity index (χ3n) is 1.59. The fourth-order valence-corrected chi connectivity index (χ4v) is 1.18. The van der Waals surface area contributed by atoms with Crippen molar-refractivity contribution >= 4 is 51.5 Å². The first-order valence-electron chi connectivity index (χ1n) is 4.09. The molecule has 0 radical (unpaired) electrons. The SMILES string of the molecule is O=C(O)CC(O)C(O)C(O)COP(=O)(O)O.[Ca+2]. The Kier molecular flexibility index (Phi) is 10.3. The van der Waals surface area contributed by atoms with Gasteiger partial charge in [0.05, 0.1) is 19.1 Å². The molecule has 0 heterocycles. The first kappa shape index (κ1) is 20.0. The first-order chi connectivity index (χ1) is 7.13. The number of rotatable bonds is 7. The summed E-state index contributed by atoms with van der Waals surface area (Å²) >= 11 is 0. The van der Waals surface area contributed by atoms with E-state index in [1.165, 1.54) is 0 Å². The van der Waals surface area contributed by atoms with Gasteiger partial charge < -0.3 is 30.2 Å². The summed E-state index contributed by atoms with van der Waals surface area (Å²) in [4.78, 5) is 26.7. The molecule has 0 aliphatic rings. The van der Waals surface area contributed by atoms with Gasteiger partial charge in [0.2, 0.25) is 0 Å². The molecule has 0 amide bonds. The van der Waals surface area contributed by atoms with Crippen LogP contribution in [0.3, 0.4) is 0 Å². The van der Waals surface area contributed by atoms with Crippen molar-refractivity contribution in [2.75, 3.05) is 6.61 Å². The third-order valence-corrected chi connectivity index (χ3v) is 2.07. The van der Waals surface area contributed by atoms with Gasteiger partial charge in [-0.25, -0.2) is 4.57 Å². The maximum Gasteiger partial charge on any atom is 2.00 e. The van der Waals surface area contributed by atoms with Crippen LogP contribution in [-0.2, 0) is 13.9 Å².